The van der Waals surface area contributed by atoms with Gasteiger partial charge in [-0.25, -0.2) is 0 Å². The van der Waals surface area contributed by atoms with E-state index in [1.54, 1.807) is 0 Å². The summed E-state index contributed by atoms with van der Waals surface area (Å²) in [5.74, 6) is 0. The van der Waals surface area contributed by atoms with E-state index in [1.165, 1.54) is 55.6 Å². The normalized spacial score (nSPS) is 22.1. The summed E-state index contributed by atoms with van der Waals surface area (Å²) in [6, 6.07) is 19.6. The molecule has 0 aromatic heterocycles. The van der Waals surface area contributed by atoms with Gasteiger partial charge in [-0.2, -0.15) is 0 Å². The molecular formula is C42H58O4. The average molecular weight is 627 g/mol. The lowest BCUT2D eigenvalue weighted by Gasteiger charge is -2.36. The zero-order chi connectivity index (χ0) is 33.2. The van der Waals surface area contributed by atoms with Crippen LogP contribution in [0.25, 0.3) is 22.3 Å². The molecule has 4 nitrogen and oxygen atoms in total. The van der Waals surface area contributed by atoms with E-state index in [0.717, 1.165) is 51.4 Å². The van der Waals surface area contributed by atoms with Crippen LogP contribution in [0.2, 0.25) is 0 Å². The molecule has 0 radical (unpaired) electrons. The molecule has 0 spiro atoms. The second-order valence-electron chi connectivity index (χ2n) is 14.5. The van der Waals surface area contributed by atoms with E-state index in [1.807, 2.05) is 28.4 Å². The highest BCUT2D eigenvalue weighted by Gasteiger charge is 2.48. The summed E-state index contributed by atoms with van der Waals surface area (Å²) in [6.07, 6.45) is 9.00. The summed E-state index contributed by atoms with van der Waals surface area (Å²) in [7, 11) is 7.35. The van der Waals surface area contributed by atoms with E-state index < -0.39 is 0 Å². The first-order chi connectivity index (χ1) is 22.0. The first-order valence-electron chi connectivity index (χ1n) is 17.6. The van der Waals surface area contributed by atoms with Gasteiger partial charge < -0.3 is 18.9 Å². The standard InChI is InChI=1S/C42H58O4/c1-27-11-13-33-35-25-40-36(26-39(35)41(37(33)23-27,19-15-29(3)43-7)20-16-30(4)44-8)34-14-12-28(2)24-38(34)42(40,21-17-31(5)45-9)22-18-32(6)46-10/h11-14,23-26,29-32H,15-22H2,1-10H3. The molecule has 250 valence electrons. The Labute approximate surface area is 279 Å². The maximum absolute atomic E-state index is 5.83. The predicted molar refractivity (Wildman–Crippen MR) is 191 cm³/mol. The Kier molecular flexibility index (Phi) is 10.8. The van der Waals surface area contributed by atoms with Crippen LogP contribution >= 0.6 is 0 Å². The van der Waals surface area contributed by atoms with Gasteiger partial charge in [0.15, 0.2) is 0 Å². The lowest BCUT2D eigenvalue weighted by molar-refractivity contribution is 0.0922. The molecule has 3 aromatic rings. The van der Waals surface area contributed by atoms with Crippen molar-refractivity contribution in [3.63, 3.8) is 0 Å². The predicted octanol–water partition coefficient (Wildman–Crippen LogP) is 10.1. The minimum absolute atomic E-state index is 0.101. The second kappa shape index (κ2) is 14.3. The van der Waals surface area contributed by atoms with Gasteiger partial charge in [-0.3, -0.25) is 0 Å². The third kappa shape index (κ3) is 6.35. The summed E-state index contributed by atoms with van der Waals surface area (Å²) in [5.41, 5.74) is 14.0. The van der Waals surface area contributed by atoms with Gasteiger partial charge >= 0.3 is 0 Å². The quantitative estimate of drug-likeness (QED) is 0.159. The van der Waals surface area contributed by atoms with E-state index in [0.29, 0.717) is 0 Å². The second-order valence-corrected chi connectivity index (χ2v) is 14.5. The number of aryl methyl sites for hydroxylation is 2. The van der Waals surface area contributed by atoms with Crippen LogP contribution in [0.1, 0.15) is 112 Å². The van der Waals surface area contributed by atoms with Gasteiger partial charge in [0.05, 0.1) is 24.4 Å². The fourth-order valence-corrected chi connectivity index (χ4v) is 8.30. The molecule has 0 N–H and O–H groups in total. The van der Waals surface area contributed by atoms with Crippen molar-refractivity contribution in [3.05, 3.63) is 81.9 Å². The number of benzene rings is 3. The van der Waals surface area contributed by atoms with Crippen molar-refractivity contribution in [1.82, 2.24) is 0 Å². The van der Waals surface area contributed by atoms with Crippen LogP contribution in [0.3, 0.4) is 0 Å². The molecule has 4 atom stereocenters. The Morgan fingerprint density at radius 3 is 1.00 bits per heavy atom. The van der Waals surface area contributed by atoms with E-state index in [4.69, 9.17) is 18.9 Å². The smallest absolute Gasteiger partial charge is 0.0543 e. The van der Waals surface area contributed by atoms with Crippen molar-refractivity contribution in [2.24, 2.45) is 0 Å². The van der Waals surface area contributed by atoms with Gasteiger partial charge in [-0.15, -0.1) is 0 Å². The van der Waals surface area contributed by atoms with Crippen LogP contribution in [0.4, 0.5) is 0 Å². The molecule has 0 heterocycles. The minimum Gasteiger partial charge on any atom is -0.382 e. The maximum atomic E-state index is 5.83. The Morgan fingerprint density at radius 1 is 0.435 bits per heavy atom. The highest BCUT2D eigenvalue weighted by molar-refractivity contribution is 5.90. The molecule has 0 amide bonds. The van der Waals surface area contributed by atoms with Crippen LogP contribution in [0.15, 0.2) is 48.5 Å². The topological polar surface area (TPSA) is 36.9 Å². The molecule has 2 aliphatic carbocycles. The van der Waals surface area contributed by atoms with Crippen molar-refractivity contribution < 1.29 is 18.9 Å². The van der Waals surface area contributed by atoms with Gasteiger partial charge in [-0.05, 0) is 150 Å². The van der Waals surface area contributed by atoms with Crippen molar-refractivity contribution in [2.75, 3.05) is 28.4 Å². The van der Waals surface area contributed by atoms with Gasteiger partial charge in [0.1, 0.15) is 0 Å². The molecule has 4 heteroatoms. The fraction of sp³-hybridized carbons (Fsp3) is 0.571. The molecular weight excluding hydrogens is 568 g/mol. The summed E-state index contributed by atoms with van der Waals surface area (Å²) >= 11 is 0. The molecule has 0 aliphatic heterocycles. The third-order valence-corrected chi connectivity index (χ3v) is 11.7. The molecule has 5 rings (SSSR count). The van der Waals surface area contributed by atoms with Crippen LogP contribution in [0.5, 0.6) is 0 Å². The summed E-state index contributed by atoms with van der Waals surface area (Å²) in [5, 5.41) is 0. The van der Waals surface area contributed by atoms with Gasteiger partial charge in [0, 0.05) is 39.3 Å². The number of fused-ring (bicyclic) bond motifs is 6. The average Bonchev–Trinajstić information content (AvgIpc) is 3.48. The van der Waals surface area contributed by atoms with Crippen molar-refractivity contribution in [2.45, 2.75) is 128 Å². The van der Waals surface area contributed by atoms with E-state index in [-0.39, 0.29) is 35.2 Å². The third-order valence-electron chi connectivity index (χ3n) is 11.7. The zero-order valence-electron chi connectivity index (χ0n) is 30.2. The molecule has 0 saturated carbocycles. The Hall–Kier alpha value is -2.50. The minimum atomic E-state index is -0.101. The first-order valence-corrected chi connectivity index (χ1v) is 17.6. The fourth-order valence-electron chi connectivity index (χ4n) is 8.30. The molecule has 2 aliphatic rings. The molecule has 0 fully saturated rings. The number of hydrogen-bond donors (Lipinski definition) is 0. The van der Waals surface area contributed by atoms with Gasteiger partial charge in [-0.1, -0.05) is 47.5 Å². The lowest BCUT2D eigenvalue weighted by Crippen LogP contribution is -2.30. The monoisotopic (exact) mass is 626 g/mol. The van der Waals surface area contributed by atoms with Crippen LogP contribution in [-0.4, -0.2) is 52.9 Å². The Balaban J connectivity index is 1.78. The molecule has 0 saturated heterocycles. The zero-order valence-corrected chi connectivity index (χ0v) is 30.2. The molecule has 0 bridgehead atoms. The highest BCUT2D eigenvalue weighted by atomic mass is 16.5. The van der Waals surface area contributed by atoms with Crippen molar-refractivity contribution in [3.8, 4) is 22.3 Å². The largest absolute Gasteiger partial charge is 0.382 e. The number of methoxy groups -OCH3 is 4. The first kappa shape index (κ1) is 34.8. The van der Waals surface area contributed by atoms with Crippen LogP contribution in [0, 0.1) is 13.8 Å². The Morgan fingerprint density at radius 2 is 0.717 bits per heavy atom. The number of ether oxygens (including phenoxy) is 4. The number of hydrogen-bond acceptors (Lipinski definition) is 4. The number of rotatable bonds is 16. The summed E-state index contributed by atoms with van der Waals surface area (Å²) in [4.78, 5) is 0. The van der Waals surface area contributed by atoms with Crippen LogP contribution in [-0.2, 0) is 29.8 Å². The maximum Gasteiger partial charge on any atom is 0.0543 e. The molecule has 4 unspecified atom stereocenters. The van der Waals surface area contributed by atoms with Gasteiger partial charge in [0.2, 0.25) is 0 Å². The Bertz CT molecular complexity index is 1360. The van der Waals surface area contributed by atoms with E-state index in [2.05, 4.69) is 90.1 Å². The summed E-state index contributed by atoms with van der Waals surface area (Å²) in [6.45, 7) is 13.3. The van der Waals surface area contributed by atoms with Crippen molar-refractivity contribution in [1.29, 1.82) is 0 Å². The molecule has 3 aromatic carbocycles. The highest BCUT2D eigenvalue weighted by Crippen LogP contribution is 2.61. The van der Waals surface area contributed by atoms with Gasteiger partial charge in [0.25, 0.3) is 0 Å². The van der Waals surface area contributed by atoms with Crippen LogP contribution < -0.4 is 0 Å². The summed E-state index contributed by atoms with van der Waals surface area (Å²) < 4.78 is 23.3. The van der Waals surface area contributed by atoms with E-state index in [9.17, 15) is 0 Å². The lowest BCUT2D eigenvalue weighted by atomic mass is 9.68. The van der Waals surface area contributed by atoms with E-state index >= 15 is 0 Å². The molecule has 46 heavy (non-hydrogen) atoms. The SMILES string of the molecule is COC(C)CCC1(CCC(C)OC)c2cc(C)ccc2-c2cc3c(cc21)-c1ccc(C)cc1C3(CCC(C)OC)CCC(C)OC. The van der Waals surface area contributed by atoms with Crippen molar-refractivity contribution >= 4 is 0 Å².